The molecule has 3 aromatic carbocycles. The van der Waals surface area contributed by atoms with E-state index in [1.807, 2.05) is 35.6 Å². The van der Waals surface area contributed by atoms with Gasteiger partial charge < -0.3 is 9.84 Å². The predicted octanol–water partition coefficient (Wildman–Crippen LogP) is 9.60. The van der Waals surface area contributed by atoms with Crippen LogP contribution in [0.25, 0.3) is 31.8 Å². The highest BCUT2D eigenvalue weighted by atomic mass is 32.1. The minimum Gasteiger partial charge on any atom is -0.490 e. The summed E-state index contributed by atoms with van der Waals surface area (Å²) >= 11 is 1.82. The van der Waals surface area contributed by atoms with E-state index in [4.69, 9.17) is 4.74 Å². The minimum absolute atomic E-state index is 0.0174. The SMILES string of the molecule is C=C(/C=C/c1ccccc1OC(C)CC)/C(=C(C)\C(=C\CO)CC)c1cccc2c1sc1ccccc12. The molecule has 0 saturated heterocycles. The standard InChI is InChI=1S/C34H36O2S/c1-6-24(4)36-31-17-10-8-13-27(31)20-19-23(3)33(25(5)26(7-2)21-22-35)30-16-12-15-29-28-14-9-11-18-32(28)37-34(29)30/h8-21,24,35H,3,6-7,22H2,1-2,4-5H3/b20-19+,26-21+,33-25+. The Morgan fingerprint density at radius 1 is 1.00 bits per heavy atom. The minimum atomic E-state index is 0.0174. The molecule has 0 aliphatic rings. The Morgan fingerprint density at radius 3 is 2.49 bits per heavy atom. The Kier molecular flexibility index (Phi) is 8.81. The van der Waals surface area contributed by atoms with Crippen LogP contribution in [0.4, 0.5) is 0 Å². The summed E-state index contributed by atoms with van der Waals surface area (Å²) in [7, 11) is 0. The molecule has 2 nitrogen and oxygen atoms in total. The molecule has 0 aliphatic carbocycles. The topological polar surface area (TPSA) is 29.5 Å². The Morgan fingerprint density at radius 2 is 1.73 bits per heavy atom. The van der Waals surface area contributed by atoms with Gasteiger partial charge in [-0.05, 0) is 61.1 Å². The molecule has 3 heteroatoms. The molecule has 0 radical (unpaired) electrons. The Balaban J connectivity index is 1.86. The summed E-state index contributed by atoms with van der Waals surface area (Å²) < 4.78 is 8.71. The van der Waals surface area contributed by atoms with Crippen molar-refractivity contribution in [3.05, 3.63) is 113 Å². The summed E-state index contributed by atoms with van der Waals surface area (Å²) in [6.45, 7) is 13.1. The van der Waals surface area contributed by atoms with E-state index >= 15 is 0 Å². The summed E-state index contributed by atoms with van der Waals surface area (Å²) in [6, 6.07) is 23.3. The van der Waals surface area contributed by atoms with Crippen molar-refractivity contribution in [2.45, 2.75) is 46.6 Å². The molecule has 0 saturated carbocycles. The first-order chi connectivity index (χ1) is 18.0. The van der Waals surface area contributed by atoms with Crippen molar-refractivity contribution >= 4 is 43.2 Å². The van der Waals surface area contributed by atoms with Gasteiger partial charge in [0.2, 0.25) is 0 Å². The molecule has 0 bridgehead atoms. The van der Waals surface area contributed by atoms with Gasteiger partial charge in [0.05, 0.1) is 12.7 Å². The normalized spacial score (nSPS) is 13.8. The Labute approximate surface area is 224 Å². The van der Waals surface area contributed by atoms with Crippen LogP contribution in [-0.2, 0) is 0 Å². The van der Waals surface area contributed by atoms with E-state index in [0.717, 1.165) is 46.4 Å². The van der Waals surface area contributed by atoms with E-state index in [1.54, 1.807) is 0 Å². The maximum Gasteiger partial charge on any atom is 0.126 e. The average molecular weight is 509 g/mol. The number of allylic oxidation sites excluding steroid dienone is 5. The molecule has 0 fully saturated rings. The van der Waals surface area contributed by atoms with Crippen LogP contribution < -0.4 is 4.74 Å². The van der Waals surface area contributed by atoms with E-state index in [-0.39, 0.29) is 12.7 Å². The first-order valence-electron chi connectivity index (χ1n) is 13.0. The fourth-order valence-electron chi connectivity index (χ4n) is 4.69. The summed E-state index contributed by atoms with van der Waals surface area (Å²) in [5, 5.41) is 12.2. The fraction of sp³-hybridized carbons (Fsp3) is 0.235. The van der Waals surface area contributed by atoms with Gasteiger partial charge in [0.25, 0.3) is 0 Å². The van der Waals surface area contributed by atoms with Crippen molar-refractivity contribution in [3.8, 4) is 5.75 Å². The van der Waals surface area contributed by atoms with Crippen LogP contribution in [0.5, 0.6) is 5.75 Å². The second kappa shape index (κ2) is 12.2. The second-order valence-electron chi connectivity index (χ2n) is 9.28. The number of aliphatic hydroxyl groups is 1. The quantitative estimate of drug-likeness (QED) is 0.216. The number of aliphatic hydroxyl groups excluding tert-OH is 1. The molecule has 190 valence electrons. The Hall–Kier alpha value is -3.40. The molecule has 1 atom stereocenters. The van der Waals surface area contributed by atoms with Crippen LogP contribution in [0.15, 0.2) is 102 Å². The lowest BCUT2D eigenvalue weighted by molar-refractivity contribution is 0.217. The van der Waals surface area contributed by atoms with Crippen LogP contribution in [0.1, 0.15) is 51.7 Å². The molecular weight excluding hydrogens is 472 g/mol. The second-order valence-corrected chi connectivity index (χ2v) is 10.3. The smallest absolute Gasteiger partial charge is 0.126 e. The van der Waals surface area contributed by atoms with E-state index in [1.165, 1.54) is 25.7 Å². The van der Waals surface area contributed by atoms with Crippen molar-refractivity contribution in [1.82, 2.24) is 0 Å². The Bertz CT molecular complexity index is 1500. The number of para-hydroxylation sites is 1. The first-order valence-corrected chi connectivity index (χ1v) is 13.8. The highest BCUT2D eigenvalue weighted by Crippen LogP contribution is 2.42. The lowest BCUT2D eigenvalue weighted by Gasteiger charge is -2.17. The van der Waals surface area contributed by atoms with Crippen molar-refractivity contribution < 1.29 is 9.84 Å². The maximum absolute atomic E-state index is 9.70. The molecule has 0 aliphatic heterocycles. The van der Waals surface area contributed by atoms with Crippen LogP contribution in [0, 0.1) is 0 Å². The van der Waals surface area contributed by atoms with Gasteiger partial charge in [-0.15, -0.1) is 11.3 Å². The number of thiophene rings is 1. The molecule has 1 unspecified atom stereocenters. The van der Waals surface area contributed by atoms with Gasteiger partial charge in [-0.2, -0.15) is 0 Å². The van der Waals surface area contributed by atoms with Gasteiger partial charge >= 0.3 is 0 Å². The van der Waals surface area contributed by atoms with Gasteiger partial charge in [0.1, 0.15) is 5.75 Å². The van der Waals surface area contributed by atoms with Gasteiger partial charge in [-0.3, -0.25) is 0 Å². The molecular formula is C34H36O2S. The highest BCUT2D eigenvalue weighted by molar-refractivity contribution is 7.26. The lowest BCUT2D eigenvalue weighted by Crippen LogP contribution is -2.10. The predicted molar refractivity (Wildman–Crippen MR) is 162 cm³/mol. The lowest BCUT2D eigenvalue weighted by atomic mass is 9.88. The van der Waals surface area contributed by atoms with E-state index in [9.17, 15) is 5.11 Å². The summed E-state index contributed by atoms with van der Waals surface area (Å²) in [6.07, 6.45) is 8.03. The molecule has 0 spiro atoms. The van der Waals surface area contributed by atoms with Gasteiger partial charge in [0.15, 0.2) is 0 Å². The molecule has 0 amide bonds. The third-order valence-corrected chi connectivity index (χ3v) is 8.08. The third kappa shape index (κ3) is 5.79. The van der Waals surface area contributed by atoms with Crippen molar-refractivity contribution in [1.29, 1.82) is 0 Å². The summed E-state index contributed by atoms with van der Waals surface area (Å²) in [5.74, 6) is 0.879. The maximum atomic E-state index is 9.70. The zero-order valence-corrected chi connectivity index (χ0v) is 23.1. The van der Waals surface area contributed by atoms with Crippen LogP contribution in [-0.4, -0.2) is 17.8 Å². The monoisotopic (exact) mass is 508 g/mol. The number of hydrogen-bond donors (Lipinski definition) is 1. The molecule has 1 aromatic heterocycles. The highest BCUT2D eigenvalue weighted by Gasteiger charge is 2.17. The van der Waals surface area contributed by atoms with Gasteiger partial charge in [-0.1, -0.05) is 93.3 Å². The summed E-state index contributed by atoms with van der Waals surface area (Å²) in [5.41, 5.74) is 6.51. The zero-order valence-electron chi connectivity index (χ0n) is 22.3. The largest absolute Gasteiger partial charge is 0.490 e. The fourth-order valence-corrected chi connectivity index (χ4v) is 5.92. The van der Waals surface area contributed by atoms with Crippen LogP contribution in [0.2, 0.25) is 0 Å². The number of benzene rings is 3. The number of rotatable bonds is 10. The van der Waals surface area contributed by atoms with Crippen LogP contribution in [0.3, 0.4) is 0 Å². The summed E-state index contributed by atoms with van der Waals surface area (Å²) in [4.78, 5) is 0. The van der Waals surface area contributed by atoms with Crippen molar-refractivity contribution in [2.24, 2.45) is 0 Å². The number of fused-ring (bicyclic) bond motifs is 3. The van der Waals surface area contributed by atoms with E-state index < -0.39 is 0 Å². The molecule has 1 N–H and O–H groups in total. The first kappa shape index (κ1) is 26.7. The van der Waals surface area contributed by atoms with Gasteiger partial charge in [-0.25, -0.2) is 0 Å². The molecule has 4 rings (SSSR count). The third-order valence-electron chi connectivity index (χ3n) is 6.86. The van der Waals surface area contributed by atoms with Crippen LogP contribution >= 0.6 is 11.3 Å². The van der Waals surface area contributed by atoms with E-state index in [0.29, 0.717) is 0 Å². The van der Waals surface area contributed by atoms with Crippen molar-refractivity contribution in [2.75, 3.05) is 6.61 Å². The molecule has 4 aromatic rings. The average Bonchev–Trinajstić information content (AvgIpc) is 3.30. The number of ether oxygens (including phenoxy) is 1. The van der Waals surface area contributed by atoms with Gasteiger partial charge in [0, 0.05) is 31.3 Å². The van der Waals surface area contributed by atoms with E-state index in [2.05, 4.69) is 95.0 Å². The zero-order chi connectivity index (χ0) is 26.4. The number of hydrogen-bond acceptors (Lipinski definition) is 3. The molecule has 1 heterocycles. The molecule has 37 heavy (non-hydrogen) atoms. The van der Waals surface area contributed by atoms with Crippen molar-refractivity contribution in [3.63, 3.8) is 0 Å².